The molecule has 0 saturated heterocycles. The van der Waals surface area contributed by atoms with E-state index in [1.807, 2.05) is 42.5 Å². The van der Waals surface area contributed by atoms with Crippen molar-refractivity contribution in [3.8, 4) is 11.5 Å². The van der Waals surface area contributed by atoms with Crippen molar-refractivity contribution in [1.82, 2.24) is 4.31 Å². The van der Waals surface area contributed by atoms with Crippen LogP contribution >= 0.6 is 0 Å². The Morgan fingerprint density at radius 2 is 1.56 bits per heavy atom. The Morgan fingerprint density at radius 1 is 0.906 bits per heavy atom. The number of hydrogen-bond acceptors (Lipinski definition) is 5. The van der Waals surface area contributed by atoms with E-state index in [-0.39, 0.29) is 23.8 Å². The molecule has 4 rings (SSSR count). The molecule has 3 aromatic carbocycles. The minimum Gasteiger partial charge on any atom is -0.493 e. The molecule has 1 heterocycles. The van der Waals surface area contributed by atoms with E-state index in [2.05, 4.69) is 5.32 Å². The highest BCUT2D eigenvalue weighted by Gasteiger charge is 2.40. The SMILES string of the molecule is COc1ccc(S(=O)(=O)N2Cc3ccccc3C[C@@H]2C(=O)Nc2ccccc2)cc1OC. The number of methoxy groups -OCH3 is 2. The smallest absolute Gasteiger partial charge is 0.244 e. The molecule has 0 aliphatic carbocycles. The molecule has 0 spiro atoms. The van der Waals surface area contributed by atoms with Crippen molar-refractivity contribution >= 4 is 21.6 Å². The van der Waals surface area contributed by atoms with Gasteiger partial charge in [-0.3, -0.25) is 4.79 Å². The summed E-state index contributed by atoms with van der Waals surface area (Å²) < 4.78 is 39.1. The number of rotatable bonds is 6. The number of nitrogens with zero attached hydrogens (tertiary/aromatic N) is 1. The fraction of sp³-hybridized carbons (Fsp3) is 0.208. The van der Waals surface area contributed by atoms with Crippen molar-refractivity contribution in [3.05, 3.63) is 83.9 Å². The molecule has 1 amide bonds. The molecular formula is C24H24N2O5S. The molecule has 3 aromatic rings. The van der Waals surface area contributed by atoms with Gasteiger partial charge in [0.05, 0.1) is 19.1 Å². The number of carbonyl (C=O) groups excluding carboxylic acids is 1. The van der Waals surface area contributed by atoms with Crippen LogP contribution in [0, 0.1) is 0 Å². The first-order chi connectivity index (χ1) is 15.4. The highest BCUT2D eigenvalue weighted by atomic mass is 32.2. The third-order valence-corrected chi connectivity index (χ3v) is 7.36. The molecule has 1 atom stereocenters. The number of ether oxygens (including phenoxy) is 2. The average Bonchev–Trinajstić information content (AvgIpc) is 2.83. The van der Waals surface area contributed by atoms with E-state index in [1.165, 1.54) is 30.7 Å². The van der Waals surface area contributed by atoms with Crippen molar-refractivity contribution < 1.29 is 22.7 Å². The van der Waals surface area contributed by atoms with Crippen molar-refractivity contribution in [2.45, 2.75) is 23.9 Å². The van der Waals surface area contributed by atoms with E-state index < -0.39 is 16.1 Å². The van der Waals surface area contributed by atoms with Gasteiger partial charge in [0, 0.05) is 18.3 Å². The predicted molar refractivity (Wildman–Crippen MR) is 121 cm³/mol. The summed E-state index contributed by atoms with van der Waals surface area (Å²) >= 11 is 0. The summed E-state index contributed by atoms with van der Waals surface area (Å²) in [5, 5.41) is 2.85. The van der Waals surface area contributed by atoms with Crippen LogP contribution in [0.5, 0.6) is 11.5 Å². The summed E-state index contributed by atoms with van der Waals surface area (Å²) in [5.74, 6) is 0.347. The lowest BCUT2D eigenvalue weighted by molar-refractivity contribution is -0.120. The number of fused-ring (bicyclic) bond motifs is 1. The first kappa shape index (κ1) is 21.9. The molecule has 0 unspecified atom stereocenters. The van der Waals surface area contributed by atoms with Gasteiger partial charge in [-0.05, 0) is 41.8 Å². The number of nitrogens with one attached hydrogen (secondary N) is 1. The van der Waals surface area contributed by atoms with Crippen molar-refractivity contribution in [1.29, 1.82) is 0 Å². The van der Waals surface area contributed by atoms with Crippen molar-refractivity contribution in [2.24, 2.45) is 0 Å². The van der Waals surface area contributed by atoms with Gasteiger partial charge in [0.2, 0.25) is 15.9 Å². The Bertz CT molecular complexity index is 1230. The van der Waals surface area contributed by atoms with E-state index in [1.54, 1.807) is 18.2 Å². The highest BCUT2D eigenvalue weighted by molar-refractivity contribution is 7.89. The molecule has 1 N–H and O–H groups in total. The van der Waals surface area contributed by atoms with Gasteiger partial charge in [-0.25, -0.2) is 8.42 Å². The first-order valence-corrected chi connectivity index (χ1v) is 11.5. The van der Waals surface area contributed by atoms with Crippen LogP contribution in [0.3, 0.4) is 0 Å². The van der Waals surface area contributed by atoms with Crippen LogP contribution < -0.4 is 14.8 Å². The quantitative estimate of drug-likeness (QED) is 0.619. The second-order valence-corrected chi connectivity index (χ2v) is 9.30. The molecular weight excluding hydrogens is 428 g/mol. The average molecular weight is 453 g/mol. The molecule has 1 aliphatic rings. The topological polar surface area (TPSA) is 84.9 Å². The lowest BCUT2D eigenvalue weighted by atomic mass is 9.95. The van der Waals surface area contributed by atoms with Crippen molar-refractivity contribution in [2.75, 3.05) is 19.5 Å². The lowest BCUT2D eigenvalue weighted by Crippen LogP contribution is -2.50. The fourth-order valence-electron chi connectivity index (χ4n) is 3.83. The fourth-order valence-corrected chi connectivity index (χ4v) is 5.42. The Morgan fingerprint density at radius 3 is 2.25 bits per heavy atom. The van der Waals surface area contributed by atoms with Gasteiger partial charge in [-0.15, -0.1) is 0 Å². The van der Waals surface area contributed by atoms with Crippen LogP contribution in [0.25, 0.3) is 0 Å². The second kappa shape index (κ2) is 9.02. The molecule has 7 nitrogen and oxygen atoms in total. The van der Waals surface area contributed by atoms with Gasteiger partial charge >= 0.3 is 0 Å². The summed E-state index contributed by atoms with van der Waals surface area (Å²) in [6.45, 7) is 0.0970. The largest absolute Gasteiger partial charge is 0.493 e. The molecule has 166 valence electrons. The molecule has 0 aromatic heterocycles. The second-order valence-electron chi connectivity index (χ2n) is 7.41. The number of benzene rings is 3. The van der Waals surface area contributed by atoms with Gasteiger partial charge in [-0.2, -0.15) is 4.31 Å². The summed E-state index contributed by atoms with van der Waals surface area (Å²) in [5.41, 5.74) is 2.44. The number of amides is 1. The zero-order valence-electron chi connectivity index (χ0n) is 17.8. The van der Waals surface area contributed by atoms with E-state index >= 15 is 0 Å². The summed E-state index contributed by atoms with van der Waals surface area (Å²) in [7, 11) is -1.08. The van der Waals surface area contributed by atoms with Gasteiger partial charge in [0.15, 0.2) is 11.5 Å². The zero-order chi connectivity index (χ0) is 22.7. The van der Waals surface area contributed by atoms with Crippen LogP contribution in [-0.2, 0) is 27.8 Å². The maximum Gasteiger partial charge on any atom is 0.244 e. The minimum atomic E-state index is -4.01. The van der Waals surface area contributed by atoms with E-state index in [9.17, 15) is 13.2 Å². The third-order valence-electron chi connectivity index (χ3n) is 5.51. The summed E-state index contributed by atoms with van der Waals surface area (Å²) in [6.07, 6.45) is 0.279. The lowest BCUT2D eigenvalue weighted by Gasteiger charge is -2.35. The molecule has 8 heteroatoms. The third kappa shape index (κ3) is 4.19. The van der Waals surface area contributed by atoms with Gasteiger partial charge < -0.3 is 14.8 Å². The molecule has 32 heavy (non-hydrogen) atoms. The summed E-state index contributed by atoms with van der Waals surface area (Å²) in [4.78, 5) is 13.3. The normalized spacial score (nSPS) is 16.1. The highest BCUT2D eigenvalue weighted by Crippen LogP contribution is 2.34. The zero-order valence-corrected chi connectivity index (χ0v) is 18.6. The van der Waals surface area contributed by atoms with Gasteiger partial charge in [0.25, 0.3) is 0 Å². The molecule has 0 fully saturated rings. The summed E-state index contributed by atoms with van der Waals surface area (Å²) in [6, 6.07) is 20.1. The van der Waals surface area contributed by atoms with Gasteiger partial charge in [0.1, 0.15) is 6.04 Å². The molecule has 0 radical (unpaired) electrons. The monoisotopic (exact) mass is 452 g/mol. The molecule has 0 saturated carbocycles. The number of hydrogen-bond donors (Lipinski definition) is 1. The molecule has 1 aliphatic heterocycles. The number of para-hydroxylation sites is 1. The number of carbonyl (C=O) groups is 1. The first-order valence-electron chi connectivity index (χ1n) is 10.1. The molecule has 0 bridgehead atoms. The number of anilines is 1. The Balaban J connectivity index is 1.73. The van der Waals surface area contributed by atoms with Crippen LogP contribution in [0.2, 0.25) is 0 Å². The maximum absolute atomic E-state index is 13.7. The predicted octanol–water partition coefficient (Wildman–Crippen LogP) is 3.46. The Hall–Kier alpha value is -3.36. The van der Waals surface area contributed by atoms with Crippen molar-refractivity contribution in [3.63, 3.8) is 0 Å². The van der Waals surface area contributed by atoms with Crippen LogP contribution in [0.15, 0.2) is 77.7 Å². The van der Waals surface area contributed by atoms with E-state index in [4.69, 9.17) is 9.47 Å². The van der Waals surface area contributed by atoms with E-state index in [0.29, 0.717) is 17.2 Å². The maximum atomic E-state index is 13.7. The Kier molecular flexibility index (Phi) is 6.16. The van der Waals surface area contributed by atoms with E-state index in [0.717, 1.165) is 11.1 Å². The van der Waals surface area contributed by atoms with Crippen LogP contribution in [0.4, 0.5) is 5.69 Å². The minimum absolute atomic E-state index is 0.0343. The number of sulfonamides is 1. The van der Waals surface area contributed by atoms with Crippen LogP contribution in [0.1, 0.15) is 11.1 Å². The Labute approximate surface area is 187 Å². The van der Waals surface area contributed by atoms with Crippen LogP contribution in [-0.4, -0.2) is 38.9 Å². The standard InChI is InChI=1S/C24H24N2O5S/c1-30-22-13-12-20(15-23(22)31-2)32(28,29)26-16-18-9-7-6-8-17(18)14-21(26)24(27)25-19-10-4-3-5-11-19/h3-13,15,21H,14,16H2,1-2H3,(H,25,27)/t21-/m1/s1. The van der Waals surface area contributed by atoms with Gasteiger partial charge in [-0.1, -0.05) is 42.5 Å².